The molecule has 6 nitrogen and oxygen atoms in total. The molecule has 0 heterocycles. The van der Waals surface area contributed by atoms with Crippen LogP contribution in [0.2, 0.25) is 5.02 Å². The standard InChI is InChI=1S/C20H23ClN2O4/c1-13(2)27-19(24)12-18(16-9-4-5-10-17(16)21)23-20(25)22-14-7-6-8-15(11-14)26-3/h4-11,13,18H,12H2,1-3H3,(H2,22,23,25)/t18-/m1/s1. The lowest BCUT2D eigenvalue weighted by molar-refractivity contribution is -0.147. The highest BCUT2D eigenvalue weighted by atomic mass is 35.5. The Balaban J connectivity index is 2.14. The number of carbonyl (C=O) groups excluding carboxylic acids is 2. The fourth-order valence-corrected chi connectivity index (χ4v) is 2.77. The lowest BCUT2D eigenvalue weighted by atomic mass is 10.0. The van der Waals surface area contributed by atoms with Crippen LogP contribution in [0.15, 0.2) is 48.5 Å². The summed E-state index contributed by atoms with van der Waals surface area (Å²) in [5.41, 5.74) is 1.20. The van der Waals surface area contributed by atoms with Gasteiger partial charge < -0.3 is 20.1 Å². The molecule has 0 bridgehead atoms. The summed E-state index contributed by atoms with van der Waals surface area (Å²) in [5.74, 6) is 0.201. The SMILES string of the molecule is COc1cccc(NC(=O)N[C@H](CC(=O)OC(C)C)c2ccccc2Cl)c1. The molecular formula is C20H23ClN2O4. The minimum absolute atomic E-state index is 0.0343. The molecule has 1 atom stereocenters. The topological polar surface area (TPSA) is 76.7 Å². The highest BCUT2D eigenvalue weighted by Crippen LogP contribution is 2.26. The van der Waals surface area contributed by atoms with Crippen molar-refractivity contribution < 1.29 is 19.1 Å². The Morgan fingerprint density at radius 2 is 1.85 bits per heavy atom. The second-order valence-electron chi connectivity index (χ2n) is 6.15. The predicted molar refractivity (Wildman–Crippen MR) is 105 cm³/mol. The molecule has 2 amide bonds. The number of nitrogens with one attached hydrogen (secondary N) is 2. The Hall–Kier alpha value is -2.73. The molecular weight excluding hydrogens is 368 g/mol. The molecule has 144 valence electrons. The second kappa shape index (κ2) is 9.83. The third kappa shape index (κ3) is 6.49. The van der Waals surface area contributed by atoms with Crippen molar-refractivity contribution in [1.82, 2.24) is 5.32 Å². The number of amides is 2. The van der Waals surface area contributed by atoms with Crippen LogP contribution in [0.5, 0.6) is 5.75 Å². The predicted octanol–water partition coefficient (Wildman–Crippen LogP) is 4.55. The minimum Gasteiger partial charge on any atom is -0.497 e. The van der Waals surface area contributed by atoms with Gasteiger partial charge in [0.15, 0.2) is 0 Å². The number of halogens is 1. The average molecular weight is 391 g/mol. The van der Waals surface area contributed by atoms with Gasteiger partial charge in [0.25, 0.3) is 0 Å². The van der Waals surface area contributed by atoms with Gasteiger partial charge in [-0.2, -0.15) is 0 Å². The van der Waals surface area contributed by atoms with Crippen LogP contribution in [-0.4, -0.2) is 25.2 Å². The first-order valence-corrected chi connectivity index (χ1v) is 8.92. The van der Waals surface area contributed by atoms with Gasteiger partial charge >= 0.3 is 12.0 Å². The third-order valence-electron chi connectivity index (χ3n) is 3.65. The molecule has 0 saturated carbocycles. The number of esters is 1. The number of carbonyl (C=O) groups is 2. The van der Waals surface area contributed by atoms with Gasteiger partial charge in [-0.25, -0.2) is 4.79 Å². The molecule has 0 radical (unpaired) electrons. The van der Waals surface area contributed by atoms with Gasteiger partial charge in [0, 0.05) is 16.8 Å². The van der Waals surface area contributed by atoms with E-state index in [0.29, 0.717) is 22.0 Å². The lowest BCUT2D eigenvalue weighted by Gasteiger charge is -2.21. The summed E-state index contributed by atoms with van der Waals surface area (Å²) >= 11 is 6.25. The normalized spacial score (nSPS) is 11.6. The smallest absolute Gasteiger partial charge is 0.319 e. The van der Waals surface area contributed by atoms with E-state index in [0.717, 1.165) is 0 Å². The van der Waals surface area contributed by atoms with Crippen LogP contribution in [0.3, 0.4) is 0 Å². The van der Waals surface area contributed by atoms with Crippen LogP contribution in [0, 0.1) is 0 Å². The van der Waals surface area contributed by atoms with E-state index in [1.165, 1.54) is 0 Å². The molecule has 0 saturated heterocycles. The molecule has 0 spiro atoms. The van der Waals surface area contributed by atoms with Crippen molar-refractivity contribution in [2.24, 2.45) is 0 Å². The molecule has 0 aromatic heterocycles. The van der Waals surface area contributed by atoms with Crippen LogP contribution < -0.4 is 15.4 Å². The first-order valence-electron chi connectivity index (χ1n) is 8.54. The largest absolute Gasteiger partial charge is 0.497 e. The third-order valence-corrected chi connectivity index (χ3v) is 4.00. The van der Waals surface area contributed by atoms with Crippen LogP contribution >= 0.6 is 11.6 Å². The highest BCUT2D eigenvalue weighted by Gasteiger charge is 2.22. The van der Waals surface area contributed by atoms with Crippen LogP contribution in [0.4, 0.5) is 10.5 Å². The van der Waals surface area contributed by atoms with E-state index >= 15 is 0 Å². The fourth-order valence-electron chi connectivity index (χ4n) is 2.50. The number of urea groups is 1. The Morgan fingerprint density at radius 3 is 2.52 bits per heavy atom. The van der Waals surface area contributed by atoms with E-state index in [1.54, 1.807) is 69.5 Å². The number of methoxy groups -OCH3 is 1. The fraction of sp³-hybridized carbons (Fsp3) is 0.300. The molecule has 0 aliphatic rings. The molecule has 2 aromatic rings. The molecule has 0 aliphatic heterocycles. The molecule has 0 unspecified atom stereocenters. The number of benzene rings is 2. The van der Waals surface area contributed by atoms with E-state index in [-0.39, 0.29) is 12.5 Å². The van der Waals surface area contributed by atoms with Crippen molar-refractivity contribution in [1.29, 1.82) is 0 Å². The van der Waals surface area contributed by atoms with Crippen molar-refractivity contribution >= 4 is 29.3 Å². The van der Waals surface area contributed by atoms with Gasteiger partial charge in [-0.05, 0) is 37.6 Å². The number of hydrogen-bond acceptors (Lipinski definition) is 4. The Bertz CT molecular complexity index is 795. The Kier molecular flexibility index (Phi) is 7.49. The van der Waals surface area contributed by atoms with Crippen LogP contribution in [-0.2, 0) is 9.53 Å². The molecule has 7 heteroatoms. The average Bonchev–Trinajstić information content (AvgIpc) is 2.61. The number of anilines is 1. The second-order valence-corrected chi connectivity index (χ2v) is 6.55. The molecule has 2 rings (SSSR count). The zero-order chi connectivity index (χ0) is 19.8. The summed E-state index contributed by atoms with van der Waals surface area (Å²) in [6.45, 7) is 3.54. The monoisotopic (exact) mass is 390 g/mol. The van der Waals surface area contributed by atoms with Crippen molar-refractivity contribution in [2.75, 3.05) is 12.4 Å². The molecule has 0 aliphatic carbocycles. The van der Waals surface area contributed by atoms with E-state index in [1.807, 2.05) is 0 Å². The van der Waals surface area contributed by atoms with E-state index in [4.69, 9.17) is 21.1 Å². The summed E-state index contributed by atoms with van der Waals surface area (Å²) in [6, 6.07) is 12.9. The number of ether oxygens (including phenoxy) is 2. The van der Waals surface area contributed by atoms with Crippen molar-refractivity contribution in [3.8, 4) is 5.75 Å². The van der Waals surface area contributed by atoms with Gasteiger partial charge in [0.1, 0.15) is 5.75 Å². The highest BCUT2D eigenvalue weighted by molar-refractivity contribution is 6.31. The van der Waals surface area contributed by atoms with Crippen LogP contribution in [0.1, 0.15) is 31.9 Å². The zero-order valence-electron chi connectivity index (χ0n) is 15.5. The molecule has 2 N–H and O–H groups in total. The number of rotatable bonds is 7. The first kappa shape index (κ1) is 20.6. The van der Waals surface area contributed by atoms with E-state index in [9.17, 15) is 9.59 Å². The van der Waals surface area contributed by atoms with Crippen LogP contribution in [0.25, 0.3) is 0 Å². The molecule has 0 fully saturated rings. The van der Waals surface area contributed by atoms with Crippen molar-refractivity contribution in [3.05, 3.63) is 59.1 Å². The van der Waals surface area contributed by atoms with E-state index in [2.05, 4.69) is 10.6 Å². The summed E-state index contributed by atoms with van der Waals surface area (Å²) in [5, 5.41) is 5.97. The van der Waals surface area contributed by atoms with Gasteiger partial charge in [-0.15, -0.1) is 0 Å². The Morgan fingerprint density at radius 1 is 1.11 bits per heavy atom. The summed E-state index contributed by atoms with van der Waals surface area (Å²) < 4.78 is 10.3. The van der Waals surface area contributed by atoms with Crippen molar-refractivity contribution in [3.63, 3.8) is 0 Å². The summed E-state index contributed by atoms with van der Waals surface area (Å²) in [7, 11) is 1.55. The van der Waals surface area contributed by atoms with Gasteiger partial charge in [0.2, 0.25) is 0 Å². The maximum Gasteiger partial charge on any atom is 0.319 e. The quantitative estimate of drug-likeness (QED) is 0.680. The van der Waals surface area contributed by atoms with Gasteiger partial charge in [-0.1, -0.05) is 35.9 Å². The molecule has 27 heavy (non-hydrogen) atoms. The zero-order valence-corrected chi connectivity index (χ0v) is 16.2. The minimum atomic E-state index is -0.629. The number of hydrogen-bond donors (Lipinski definition) is 2. The summed E-state index contributed by atoms with van der Waals surface area (Å²) in [6.07, 6.45) is -0.275. The van der Waals surface area contributed by atoms with Crippen molar-refractivity contribution in [2.45, 2.75) is 32.4 Å². The maximum absolute atomic E-state index is 12.5. The lowest BCUT2D eigenvalue weighted by Crippen LogP contribution is -2.34. The van der Waals surface area contributed by atoms with E-state index < -0.39 is 18.0 Å². The first-order chi connectivity index (χ1) is 12.9. The maximum atomic E-state index is 12.5. The molecule has 2 aromatic carbocycles. The van der Waals surface area contributed by atoms with Gasteiger partial charge in [-0.3, -0.25) is 4.79 Å². The van der Waals surface area contributed by atoms with Gasteiger partial charge in [0.05, 0.1) is 25.7 Å². The Labute approximate surface area is 163 Å². The summed E-state index contributed by atoms with van der Waals surface area (Å²) in [4.78, 5) is 24.6.